The maximum Gasteiger partial charge on any atom is 0.0431 e. The minimum Gasteiger partial charge on any atom is -0.396 e. The predicted octanol–water partition coefficient (Wildman–Crippen LogP) is 0.283. The van der Waals surface area contributed by atoms with Crippen LogP contribution in [0.5, 0.6) is 0 Å². The SMILES string of the molecule is OCCCCCCO.OCCCCO. The van der Waals surface area contributed by atoms with Crippen LogP contribution in [0.3, 0.4) is 0 Å². The lowest BCUT2D eigenvalue weighted by Gasteiger charge is -1.93. The van der Waals surface area contributed by atoms with Crippen molar-refractivity contribution in [1.82, 2.24) is 0 Å². The molecule has 0 saturated carbocycles. The van der Waals surface area contributed by atoms with Gasteiger partial charge in [0.1, 0.15) is 0 Å². The monoisotopic (exact) mass is 208 g/mol. The lowest BCUT2D eigenvalue weighted by atomic mass is 10.2. The van der Waals surface area contributed by atoms with E-state index in [1.54, 1.807) is 0 Å². The largest absolute Gasteiger partial charge is 0.396 e. The molecule has 0 fully saturated rings. The summed E-state index contributed by atoms with van der Waals surface area (Å²) in [4.78, 5) is 0. The van der Waals surface area contributed by atoms with Crippen molar-refractivity contribution in [3.8, 4) is 0 Å². The molecule has 0 aromatic rings. The fraction of sp³-hybridized carbons (Fsp3) is 1.00. The standard InChI is InChI=1S/C6H14O2.C4H10O2/c7-5-3-1-2-4-6-8;5-3-1-2-4-6/h7-8H,1-6H2;5-6H,1-4H2. The van der Waals surface area contributed by atoms with E-state index in [0.29, 0.717) is 0 Å². The van der Waals surface area contributed by atoms with E-state index in [1.165, 1.54) is 0 Å². The van der Waals surface area contributed by atoms with Gasteiger partial charge in [-0.25, -0.2) is 0 Å². The molecule has 0 aliphatic heterocycles. The first-order chi connectivity index (χ1) is 6.83. The molecule has 0 aromatic heterocycles. The Morgan fingerprint density at radius 2 is 0.571 bits per heavy atom. The summed E-state index contributed by atoms with van der Waals surface area (Å²) in [5.41, 5.74) is 0. The van der Waals surface area contributed by atoms with Gasteiger partial charge in [0, 0.05) is 26.4 Å². The highest BCUT2D eigenvalue weighted by molar-refractivity contribution is 4.39. The van der Waals surface area contributed by atoms with Crippen molar-refractivity contribution in [3.05, 3.63) is 0 Å². The van der Waals surface area contributed by atoms with Crippen LogP contribution in [0.4, 0.5) is 0 Å². The third-order valence-electron chi connectivity index (χ3n) is 1.63. The number of aliphatic hydroxyl groups excluding tert-OH is 4. The van der Waals surface area contributed by atoms with Crippen molar-refractivity contribution in [3.63, 3.8) is 0 Å². The van der Waals surface area contributed by atoms with Gasteiger partial charge in [-0.15, -0.1) is 0 Å². The number of aliphatic hydroxyl groups is 4. The maximum atomic E-state index is 8.30. The average molecular weight is 208 g/mol. The molecule has 4 heteroatoms. The first kappa shape index (κ1) is 16.3. The Labute approximate surface area is 86.2 Å². The summed E-state index contributed by atoms with van der Waals surface area (Å²) < 4.78 is 0. The van der Waals surface area contributed by atoms with Gasteiger partial charge in [0.2, 0.25) is 0 Å². The molecule has 0 aromatic carbocycles. The van der Waals surface area contributed by atoms with Crippen LogP contribution >= 0.6 is 0 Å². The van der Waals surface area contributed by atoms with Gasteiger partial charge < -0.3 is 20.4 Å². The van der Waals surface area contributed by atoms with Crippen LogP contribution < -0.4 is 0 Å². The van der Waals surface area contributed by atoms with E-state index in [4.69, 9.17) is 20.4 Å². The van der Waals surface area contributed by atoms with Crippen LogP contribution in [0.25, 0.3) is 0 Å². The number of rotatable bonds is 8. The summed E-state index contributed by atoms with van der Waals surface area (Å²) in [6, 6.07) is 0. The molecule has 14 heavy (non-hydrogen) atoms. The maximum absolute atomic E-state index is 8.30. The van der Waals surface area contributed by atoms with Crippen LogP contribution in [0.1, 0.15) is 38.5 Å². The van der Waals surface area contributed by atoms with Crippen molar-refractivity contribution in [2.24, 2.45) is 0 Å². The van der Waals surface area contributed by atoms with Gasteiger partial charge in [0.05, 0.1) is 0 Å². The minimum absolute atomic E-state index is 0.195. The van der Waals surface area contributed by atoms with Crippen molar-refractivity contribution in [2.75, 3.05) is 26.4 Å². The Bertz CT molecular complexity index is 68.5. The molecule has 0 aliphatic rings. The molecule has 0 heterocycles. The molecule has 0 saturated heterocycles. The van der Waals surface area contributed by atoms with Crippen LogP contribution in [0.2, 0.25) is 0 Å². The second-order valence-corrected chi connectivity index (χ2v) is 3.02. The molecule has 0 atom stereocenters. The van der Waals surface area contributed by atoms with Crippen LogP contribution in [0.15, 0.2) is 0 Å². The fourth-order valence-electron chi connectivity index (χ4n) is 0.801. The molecule has 0 bridgehead atoms. The fourth-order valence-corrected chi connectivity index (χ4v) is 0.801. The molecule has 4 N–H and O–H groups in total. The molecule has 0 aliphatic carbocycles. The summed E-state index contributed by atoms with van der Waals surface area (Å²) in [6.07, 6.45) is 5.26. The zero-order chi connectivity index (χ0) is 11.1. The Kier molecular flexibility index (Phi) is 21.6. The highest BCUT2D eigenvalue weighted by atomic mass is 16.3. The van der Waals surface area contributed by atoms with Gasteiger partial charge in [0.15, 0.2) is 0 Å². The topological polar surface area (TPSA) is 80.9 Å². The highest BCUT2D eigenvalue weighted by Crippen LogP contribution is 1.96. The second kappa shape index (κ2) is 18.6. The average Bonchev–Trinajstić information content (AvgIpc) is 2.22. The van der Waals surface area contributed by atoms with E-state index in [9.17, 15) is 0 Å². The lowest BCUT2D eigenvalue weighted by Crippen LogP contribution is -1.85. The predicted molar refractivity (Wildman–Crippen MR) is 56.0 cm³/mol. The van der Waals surface area contributed by atoms with E-state index in [-0.39, 0.29) is 26.4 Å². The van der Waals surface area contributed by atoms with Crippen LogP contribution in [-0.2, 0) is 0 Å². The molecule has 0 spiro atoms. The minimum atomic E-state index is 0.195. The molecule has 0 unspecified atom stereocenters. The van der Waals surface area contributed by atoms with Gasteiger partial charge in [-0.05, 0) is 25.7 Å². The van der Waals surface area contributed by atoms with Crippen LogP contribution in [-0.4, -0.2) is 46.9 Å². The summed E-state index contributed by atoms with van der Waals surface area (Å²) in [5, 5.41) is 32.8. The smallest absolute Gasteiger partial charge is 0.0431 e. The van der Waals surface area contributed by atoms with Crippen molar-refractivity contribution < 1.29 is 20.4 Å². The van der Waals surface area contributed by atoms with Crippen molar-refractivity contribution in [1.29, 1.82) is 0 Å². The zero-order valence-electron chi connectivity index (χ0n) is 8.86. The van der Waals surface area contributed by atoms with Gasteiger partial charge in [0.25, 0.3) is 0 Å². The molecule has 88 valence electrons. The Morgan fingerprint density at radius 1 is 0.357 bits per heavy atom. The summed E-state index contributed by atoms with van der Waals surface area (Å²) in [5.74, 6) is 0. The van der Waals surface area contributed by atoms with Gasteiger partial charge in [-0.3, -0.25) is 0 Å². The van der Waals surface area contributed by atoms with E-state index >= 15 is 0 Å². The Hall–Kier alpha value is -0.160. The first-order valence-corrected chi connectivity index (χ1v) is 5.26. The van der Waals surface area contributed by atoms with Crippen LogP contribution in [0, 0.1) is 0 Å². The highest BCUT2D eigenvalue weighted by Gasteiger charge is 1.84. The lowest BCUT2D eigenvalue weighted by molar-refractivity contribution is 0.242. The first-order valence-electron chi connectivity index (χ1n) is 5.26. The molecular weight excluding hydrogens is 184 g/mol. The normalized spacial score (nSPS) is 9.43. The zero-order valence-corrected chi connectivity index (χ0v) is 8.86. The van der Waals surface area contributed by atoms with Crippen molar-refractivity contribution in [2.45, 2.75) is 38.5 Å². The van der Waals surface area contributed by atoms with Gasteiger partial charge in [-0.1, -0.05) is 12.8 Å². The molecule has 0 radical (unpaired) electrons. The summed E-state index contributed by atoms with van der Waals surface area (Å²) >= 11 is 0. The number of hydrogen-bond donors (Lipinski definition) is 4. The molecular formula is C10H24O4. The van der Waals surface area contributed by atoms with E-state index in [1.807, 2.05) is 0 Å². The van der Waals surface area contributed by atoms with Gasteiger partial charge >= 0.3 is 0 Å². The quantitative estimate of drug-likeness (QED) is 0.432. The molecule has 0 rings (SSSR count). The third-order valence-corrected chi connectivity index (χ3v) is 1.63. The Morgan fingerprint density at radius 3 is 0.786 bits per heavy atom. The van der Waals surface area contributed by atoms with E-state index in [2.05, 4.69) is 0 Å². The number of unbranched alkanes of at least 4 members (excludes halogenated alkanes) is 4. The Balaban J connectivity index is 0. The molecule has 4 nitrogen and oxygen atoms in total. The second-order valence-electron chi connectivity index (χ2n) is 3.02. The summed E-state index contributed by atoms with van der Waals surface area (Å²) in [6.45, 7) is 0.956. The van der Waals surface area contributed by atoms with Gasteiger partial charge in [-0.2, -0.15) is 0 Å². The van der Waals surface area contributed by atoms with E-state index in [0.717, 1.165) is 38.5 Å². The number of hydrogen-bond acceptors (Lipinski definition) is 4. The molecule has 0 amide bonds. The van der Waals surface area contributed by atoms with Crippen molar-refractivity contribution >= 4 is 0 Å². The van der Waals surface area contributed by atoms with E-state index < -0.39 is 0 Å². The summed E-state index contributed by atoms with van der Waals surface area (Å²) in [7, 11) is 0. The third kappa shape index (κ3) is 22.6.